The summed E-state index contributed by atoms with van der Waals surface area (Å²) in [4.78, 5) is 20.8. The van der Waals surface area contributed by atoms with E-state index in [1.807, 2.05) is 63.9 Å². The lowest BCUT2D eigenvalue weighted by Crippen LogP contribution is -2.52. The van der Waals surface area contributed by atoms with E-state index in [2.05, 4.69) is 20.3 Å². The van der Waals surface area contributed by atoms with Gasteiger partial charge in [0, 0.05) is 50.5 Å². The molecule has 2 aromatic heterocycles. The third-order valence-electron chi connectivity index (χ3n) is 4.60. The Morgan fingerprint density at radius 1 is 1.15 bits per heavy atom. The molecule has 2 amide bonds. The van der Waals surface area contributed by atoms with Crippen molar-refractivity contribution in [1.29, 1.82) is 0 Å². The van der Waals surface area contributed by atoms with Gasteiger partial charge in [-0.1, -0.05) is 18.2 Å². The third kappa shape index (κ3) is 4.28. The van der Waals surface area contributed by atoms with Crippen LogP contribution in [0.4, 0.5) is 9.93 Å². The molecule has 1 aliphatic heterocycles. The van der Waals surface area contributed by atoms with Crippen LogP contribution in [0.5, 0.6) is 0 Å². The zero-order chi connectivity index (χ0) is 18.5. The van der Waals surface area contributed by atoms with Gasteiger partial charge < -0.3 is 15.1 Å². The molecule has 4 rings (SSSR count). The van der Waals surface area contributed by atoms with Crippen molar-refractivity contribution in [3.63, 3.8) is 0 Å². The molecule has 8 heteroatoms. The molecule has 0 aliphatic carbocycles. The summed E-state index contributed by atoms with van der Waals surface area (Å²) in [6.45, 7) is 3.69. The largest absolute Gasteiger partial charge is 0.345 e. The van der Waals surface area contributed by atoms with Crippen molar-refractivity contribution in [1.82, 2.24) is 25.0 Å². The van der Waals surface area contributed by atoms with E-state index in [-0.39, 0.29) is 6.03 Å². The first-order valence-corrected chi connectivity index (χ1v) is 9.94. The number of anilines is 1. The second kappa shape index (κ2) is 8.22. The summed E-state index contributed by atoms with van der Waals surface area (Å²) >= 11 is 1.64. The van der Waals surface area contributed by atoms with Crippen LogP contribution in [0.25, 0.3) is 5.69 Å². The molecule has 1 aromatic carbocycles. The smallest absolute Gasteiger partial charge is 0.317 e. The highest BCUT2D eigenvalue weighted by atomic mass is 32.1. The van der Waals surface area contributed by atoms with E-state index in [0.717, 1.165) is 49.0 Å². The van der Waals surface area contributed by atoms with Gasteiger partial charge in [-0.3, -0.25) is 0 Å². The second-order valence-corrected chi connectivity index (χ2v) is 7.27. The number of benzene rings is 1. The van der Waals surface area contributed by atoms with Crippen LogP contribution in [0, 0.1) is 0 Å². The molecular weight excluding hydrogens is 360 g/mol. The molecule has 1 saturated heterocycles. The summed E-state index contributed by atoms with van der Waals surface area (Å²) in [7, 11) is 0. The minimum atomic E-state index is 0.00393. The van der Waals surface area contributed by atoms with E-state index in [9.17, 15) is 4.79 Å². The van der Waals surface area contributed by atoms with Crippen molar-refractivity contribution in [2.75, 3.05) is 37.6 Å². The fourth-order valence-corrected chi connectivity index (χ4v) is 3.81. The maximum Gasteiger partial charge on any atom is 0.317 e. The Labute approximate surface area is 162 Å². The fourth-order valence-electron chi connectivity index (χ4n) is 3.11. The maximum absolute atomic E-state index is 12.4. The normalized spacial score (nSPS) is 14.4. The van der Waals surface area contributed by atoms with E-state index in [0.29, 0.717) is 6.54 Å². The van der Waals surface area contributed by atoms with Gasteiger partial charge in [-0.25, -0.2) is 14.5 Å². The number of para-hydroxylation sites is 1. The Hall–Kier alpha value is -2.87. The first-order chi connectivity index (χ1) is 13.3. The molecule has 0 atom stereocenters. The lowest BCUT2D eigenvalue weighted by Gasteiger charge is -2.34. The molecule has 3 aromatic rings. The van der Waals surface area contributed by atoms with Crippen molar-refractivity contribution in [2.45, 2.75) is 6.42 Å². The summed E-state index contributed by atoms with van der Waals surface area (Å²) in [6.07, 6.45) is 6.44. The van der Waals surface area contributed by atoms with Gasteiger partial charge in [0.1, 0.15) is 0 Å². The summed E-state index contributed by atoms with van der Waals surface area (Å²) in [6, 6.07) is 10.0. The predicted octanol–water partition coefficient (Wildman–Crippen LogP) is 2.40. The van der Waals surface area contributed by atoms with Gasteiger partial charge in [-0.15, -0.1) is 11.3 Å². The van der Waals surface area contributed by atoms with E-state index in [4.69, 9.17) is 0 Å². The number of nitrogens with one attached hydrogen (secondary N) is 1. The summed E-state index contributed by atoms with van der Waals surface area (Å²) < 4.78 is 1.86. The van der Waals surface area contributed by atoms with Crippen molar-refractivity contribution in [2.24, 2.45) is 0 Å². The predicted molar refractivity (Wildman–Crippen MR) is 107 cm³/mol. The standard InChI is InChI=1S/C19H22N6OS/c26-18(23-9-11-24(12-10-23)19-21-8-13-27-19)20-7-6-16-14-22-25(15-16)17-4-2-1-3-5-17/h1-5,8,13-15H,6-7,9-12H2,(H,20,26). The molecule has 0 unspecified atom stereocenters. The molecule has 140 valence electrons. The molecule has 1 N–H and O–H groups in total. The van der Waals surface area contributed by atoms with Crippen LogP contribution < -0.4 is 10.2 Å². The molecular formula is C19H22N6OS. The lowest BCUT2D eigenvalue weighted by molar-refractivity contribution is 0.194. The molecule has 0 spiro atoms. The maximum atomic E-state index is 12.4. The summed E-state index contributed by atoms with van der Waals surface area (Å²) in [5, 5.41) is 10.4. The quantitative estimate of drug-likeness (QED) is 0.736. The number of carbonyl (C=O) groups is 1. The number of urea groups is 1. The topological polar surface area (TPSA) is 66.3 Å². The van der Waals surface area contributed by atoms with Crippen molar-refractivity contribution >= 4 is 22.5 Å². The van der Waals surface area contributed by atoms with Crippen LogP contribution in [-0.2, 0) is 6.42 Å². The van der Waals surface area contributed by atoms with Crippen LogP contribution in [0.15, 0.2) is 54.3 Å². The van der Waals surface area contributed by atoms with Crippen LogP contribution in [0.3, 0.4) is 0 Å². The third-order valence-corrected chi connectivity index (χ3v) is 5.44. The average molecular weight is 382 g/mol. The zero-order valence-electron chi connectivity index (χ0n) is 15.0. The second-order valence-electron chi connectivity index (χ2n) is 6.40. The number of hydrogen-bond acceptors (Lipinski definition) is 5. The van der Waals surface area contributed by atoms with Gasteiger partial charge >= 0.3 is 6.03 Å². The molecule has 0 radical (unpaired) electrons. The minimum Gasteiger partial charge on any atom is -0.345 e. The zero-order valence-corrected chi connectivity index (χ0v) is 15.8. The Morgan fingerprint density at radius 3 is 2.70 bits per heavy atom. The SMILES string of the molecule is O=C(NCCc1cnn(-c2ccccc2)c1)N1CCN(c2nccs2)CC1. The van der Waals surface area contributed by atoms with Gasteiger partial charge in [0.25, 0.3) is 0 Å². The van der Waals surface area contributed by atoms with Gasteiger partial charge in [0.05, 0.1) is 11.9 Å². The van der Waals surface area contributed by atoms with E-state index in [1.165, 1.54) is 0 Å². The Morgan fingerprint density at radius 2 is 1.96 bits per heavy atom. The van der Waals surface area contributed by atoms with Gasteiger partial charge in [0.15, 0.2) is 5.13 Å². The highest BCUT2D eigenvalue weighted by molar-refractivity contribution is 7.13. The fraction of sp³-hybridized carbons (Fsp3) is 0.316. The molecule has 1 aliphatic rings. The molecule has 0 saturated carbocycles. The van der Waals surface area contributed by atoms with E-state index >= 15 is 0 Å². The highest BCUT2D eigenvalue weighted by Crippen LogP contribution is 2.18. The lowest BCUT2D eigenvalue weighted by atomic mass is 10.2. The number of rotatable bonds is 5. The van der Waals surface area contributed by atoms with Crippen LogP contribution >= 0.6 is 11.3 Å². The average Bonchev–Trinajstić information content (AvgIpc) is 3.41. The summed E-state index contributed by atoms with van der Waals surface area (Å²) in [5.74, 6) is 0. The molecule has 0 bridgehead atoms. The Balaban J connectivity index is 1.22. The van der Waals surface area contributed by atoms with Crippen LogP contribution in [0.2, 0.25) is 0 Å². The van der Waals surface area contributed by atoms with Gasteiger partial charge in [-0.2, -0.15) is 5.10 Å². The van der Waals surface area contributed by atoms with Crippen molar-refractivity contribution < 1.29 is 4.79 Å². The number of piperazine rings is 1. The molecule has 7 nitrogen and oxygen atoms in total. The number of thiazole rings is 1. The van der Waals surface area contributed by atoms with Crippen LogP contribution in [-0.4, -0.2) is 58.4 Å². The van der Waals surface area contributed by atoms with E-state index in [1.54, 1.807) is 11.3 Å². The molecule has 1 fully saturated rings. The number of amides is 2. The van der Waals surface area contributed by atoms with Gasteiger partial charge in [-0.05, 0) is 24.1 Å². The highest BCUT2D eigenvalue weighted by Gasteiger charge is 2.22. The van der Waals surface area contributed by atoms with Crippen molar-refractivity contribution in [3.05, 3.63) is 59.9 Å². The molecule has 27 heavy (non-hydrogen) atoms. The molecule has 3 heterocycles. The number of carbonyl (C=O) groups excluding carboxylic acids is 1. The first-order valence-electron chi connectivity index (χ1n) is 9.06. The first kappa shape index (κ1) is 17.5. The Kier molecular flexibility index (Phi) is 5.34. The van der Waals surface area contributed by atoms with Crippen molar-refractivity contribution in [3.8, 4) is 5.69 Å². The number of hydrogen-bond donors (Lipinski definition) is 1. The van der Waals surface area contributed by atoms with E-state index < -0.39 is 0 Å². The minimum absolute atomic E-state index is 0.00393. The Bertz CT molecular complexity index is 855. The van der Waals surface area contributed by atoms with Crippen LogP contribution in [0.1, 0.15) is 5.56 Å². The monoisotopic (exact) mass is 382 g/mol. The van der Waals surface area contributed by atoms with Gasteiger partial charge in [0.2, 0.25) is 0 Å². The number of aromatic nitrogens is 3. The number of nitrogens with zero attached hydrogens (tertiary/aromatic N) is 5. The summed E-state index contributed by atoms with van der Waals surface area (Å²) in [5.41, 5.74) is 2.14.